The maximum Gasteiger partial charge on any atom is 0.308 e. The van der Waals surface area contributed by atoms with E-state index in [1.165, 1.54) is 19.6 Å². The summed E-state index contributed by atoms with van der Waals surface area (Å²) in [4.78, 5) is 23.9. The number of Topliss-reactive ketones (excluding diaryl/α,β-unsaturated/α-hetero) is 1. The third kappa shape index (κ3) is 2.01. The number of esters is 1. The normalized spacial score (nSPS) is 35.4. The van der Waals surface area contributed by atoms with Crippen LogP contribution in [0.15, 0.2) is 12.5 Å². The van der Waals surface area contributed by atoms with Gasteiger partial charge in [-0.25, -0.2) is 0 Å². The van der Waals surface area contributed by atoms with Gasteiger partial charge < -0.3 is 14.2 Å². The molecule has 2 fully saturated rings. The van der Waals surface area contributed by atoms with Crippen molar-refractivity contribution in [2.45, 2.75) is 37.9 Å². The molecule has 0 radical (unpaired) electrons. The van der Waals surface area contributed by atoms with Gasteiger partial charge in [-0.2, -0.15) is 0 Å². The zero-order valence-electron chi connectivity index (χ0n) is 11.0. The Balaban J connectivity index is 1.82. The predicted octanol–water partition coefficient (Wildman–Crippen LogP) is 1.77. The van der Waals surface area contributed by atoms with Gasteiger partial charge in [-0.05, 0) is 18.8 Å². The fraction of sp³-hybridized carbons (Fsp3) is 0.714. The predicted molar refractivity (Wildman–Crippen MR) is 64.6 cm³/mol. The molecular weight excluding hydrogens is 248 g/mol. The second kappa shape index (κ2) is 4.54. The summed E-state index contributed by atoms with van der Waals surface area (Å²) in [6.07, 6.45) is 6.13. The highest BCUT2D eigenvalue weighted by atomic mass is 16.7. The van der Waals surface area contributed by atoms with Crippen LogP contribution in [-0.2, 0) is 23.8 Å². The molecule has 1 unspecified atom stereocenters. The van der Waals surface area contributed by atoms with E-state index in [9.17, 15) is 9.59 Å². The molecule has 5 heteroatoms. The average Bonchev–Trinajstić information content (AvgIpc) is 2.86. The molecule has 104 valence electrons. The van der Waals surface area contributed by atoms with Crippen molar-refractivity contribution in [3.63, 3.8) is 0 Å². The number of carbonyl (C=O) groups excluding carboxylic acids is 2. The third-order valence-electron chi connectivity index (χ3n) is 4.66. The van der Waals surface area contributed by atoms with Crippen LogP contribution in [0.5, 0.6) is 0 Å². The first-order valence-corrected chi connectivity index (χ1v) is 6.76. The first kappa shape index (κ1) is 12.5. The van der Waals surface area contributed by atoms with Gasteiger partial charge >= 0.3 is 5.97 Å². The molecule has 0 aromatic rings. The van der Waals surface area contributed by atoms with Crippen molar-refractivity contribution in [1.29, 1.82) is 0 Å². The van der Waals surface area contributed by atoms with Crippen LogP contribution in [0, 0.1) is 17.8 Å². The summed E-state index contributed by atoms with van der Waals surface area (Å²) in [6.45, 7) is 0. The lowest BCUT2D eigenvalue weighted by atomic mass is 9.63. The summed E-state index contributed by atoms with van der Waals surface area (Å²) in [5.41, 5.74) is 0. The number of ether oxygens (including phenoxy) is 3. The zero-order chi connectivity index (χ0) is 13.5. The zero-order valence-corrected chi connectivity index (χ0v) is 11.0. The van der Waals surface area contributed by atoms with Gasteiger partial charge in [-0.3, -0.25) is 9.59 Å². The topological polar surface area (TPSA) is 61.8 Å². The molecule has 0 amide bonds. The van der Waals surface area contributed by atoms with Crippen LogP contribution < -0.4 is 0 Å². The van der Waals surface area contributed by atoms with Crippen molar-refractivity contribution in [2.75, 3.05) is 7.11 Å². The molecule has 2 saturated carbocycles. The molecule has 5 nitrogen and oxygen atoms in total. The van der Waals surface area contributed by atoms with E-state index in [1.54, 1.807) is 0 Å². The maximum atomic E-state index is 12.0. The van der Waals surface area contributed by atoms with Gasteiger partial charge in [0.2, 0.25) is 5.79 Å². The quantitative estimate of drug-likeness (QED) is 0.677. The van der Waals surface area contributed by atoms with Crippen LogP contribution in [-0.4, -0.2) is 24.6 Å². The number of rotatable bonds is 1. The van der Waals surface area contributed by atoms with E-state index in [4.69, 9.17) is 14.2 Å². The van der Waals surface area contributed by atoms with E-state index >= 15 is 0 Å². The summed E-state index contributed by atoms with van der Waals surface area (Å²) in [7, 11) is 1.40. The molecule has 2 aliphatic carbocycles. The smallest absolute Gasteiger partial charge is 0.308 e. The van der Waals surface area contributed by atoms with Gasteiger partial charge in [0.15, 0.2) is 0 Å². The monoisotopic (exact) mass is 266 g/mol. The minimum Gasteiger partial charge on any atom is -0.469 e. The number of methoxy groups -OCH3 is 1. The van der Waals surface area contributed by atoms with Crippen molar-refractivity contribution >= 4 is 11.8 Å². The average molecular weight is 266 g/mol. The van der Waals surface area contributed by atoms with Gasteiger partial charge in [0.25, 0.3) is 0 Å². The van der Waals surface area contributed by atoms with Gasteiger partial charge in [-0.1, -0.05) is 0 Å². The van der Waals surface area contributed by atoms with E-state index in [1.807, 2.05) is 0 Å². The Hall–Kier alpha value is -1.52. The molecule has 1 heterocycles. The minimum absolute atomic E-state index is 0.0256. The standard InChI is InChI=1S/C14H18O5/c1-17-13(16)10-2-3-12(15)9-4-5-14(8-11(9)10)18-6-7-19-14/h6-7,9-11H,2-5,8H2,1H3/t9-,10?,11-/m1/s1. The molecule has 0 N–H and O–H groups in total. The highest BCUT2D eigenvalue weighted by Gasteiger charge is 2.52. The van der Waals surface area contributed by atoms with E-state index in [2.05, 4.69) is 0 Å². The lowest BCUT2D eigenvalue weighted by Gasteiger charge is -2.44. The number of fused-ring (bicyclic) bond motifs is 1. The Bertz CT molecular complexity index is 420. The number of ketones is 1. The Morgan fingerprint density at radius 1 is 1.37 bits per heavy atom. The molecule has 0 aromatic carbocycles. The largest absolute Gasteiger partial charge is 0.469 e. The van der Waals surface area contributed by atoms with Crippen LogP contribution in [0.2, 0.25) is 0 Å². The molecule has 1 aliphatic heterocycles. The Labute approximate surface area is 111 Å². The van der Waals surface area contributed by atoms with Crippen molar-refractivity contribution in [3.8, 4) is 0 Å². The van der Waals surface area contributed by atoms with Gasteiger partial charge in [0.05, 0.1) is 13.0 Å². The maximum absolute atomic E-state index is 12.0. The second-order valence-corrected chi connectivity index (χ2v) is 5.57. The summed E-state index contributed by atoms with van der Waals surface area (Å²) in [6, 6.07) is 0. The first-order chi connectivity index (χ1) is 9.15. The van der Waals surface area contributed by atoms with Crippen LogP contribution in [0.4, 0.5) is 0 Å². The lowest BCUT2D eigenvalue weighted by Crippen LogP contribution is -2.49. The Kier molecular flexibility index (Phi) is 2.99. The number of carbonyl (C=O) groups is 2. The summed E-state index contributed by atoms with van der Waals surface area (Å²) >= 11 is 0. The molecule has 0 bridgehead atoms. The summed E-state index contributed by atoms with van der Waals surface area (Å²) < 4.78 is 16.0. The lowest BCUT2D eigenvalue weighted by molar-refractivity contribution is -0.195. The third-order valence-corrected chi connectivity index (χ3v) is 4.66. The van der Waals surface area contributed by atoms with Crippen LogP contribution in [0.25, 0.3) is 0 Å². The number of hydrogen-bond donors (Lipinski definition) is 0. The van der Waals surface area contributed by atoms with E-state index in [-0.39, 0.29) is 29.5 Å². The highest BCUT2D eigenvalue weighted by Crippen LogP contribution is 2.48. The highest BCUT2D eigenvalue weighted by molar-refractivity contribution is 5.85. The van der Waals surface area contributed by atoms with Crippen molar-refractivity contribution < 1.29 is 23.8 Å². The second-order valence-electron chi connectivity index (χ2n) is 5.57. The van der Waals surface area contributed by atoms with Crippen LogP contribution in [0.3, 0.4) is 0 Å². The molecular formula is C14H18O5. The van der Waals surface area contributed by atoms with Crippen molar-refractivity contribution in [1.82, 2.24) is 0 Å². The number of hydrogen-bond acceptors (Lipinski definition) is 5. The van der Waals surface area contributed by atoms with Gasteiger partial charge in [-0.15, -0.1) is 0 Å². The summed E-state index contributed by atoms with van der Waals surface area (Å²) in [5.74, 6) is -0.891. The fourth-order valence-corrected chi connectivity index (χ4v) is 3.70. The van der Waals surface area contributed by atoms with Gasteiger partial charge in [0, 0.05) is 25.2 Å². The van der Waals surface area contributed by atoms with Crippen LogP contribution in [0.1, 0.15) is 32.1 Å². The Morgan fingerprint density at radius 2 is 2.11 bits per heavy atom. The summed E-state index contributed by atoms with van der Waals surface area (Å²) in [5, 5.41) is 0. The van der Waals surface area contributed by atoms with Crippen molar-refractivity contribution in [3.05, 3.63) is 12.5 Å². The molecule has 0 aromatic heterocycles. The van der Waals surface area contributed by atoms with E-state index in [0.29, 0.717) is 25.7 Å². The van der Waals surface area contributed by atoms with E-state index < -0.39 is 5.79 Å². The molecule has 3 rings (SSSR count). The molecule has 3 aliphatic rings. The SMILES string of the molecule is COC(=O)C1CCC(=O)[C@@H]2CCC3(C[C@@H]12)OC=CO3. The first-order valence-electron chi connectivity index (χ1n) is 6.76. The van der Waals surface area contributed by atoms with Crippen molar-refractivity contribution in [2.24, 2.45) is 17.8 Å². The van der Waals surface area contributed by atoms with Gasteiger partial charge in [0.1, 0.15) is 18.3 Å². The molecule has 19 heavy (non-hydrogen) atoms. The van der Waals surface area contributed by atoms with E-state index in [0.717, 1.165) is 6.42 Å². The molecule has 1 spiro atoms. The minimum atomic E-state index is -0.662. The Morgan fingerprint density at radius 3 is 2.79 bits per heavy atom. The molecule has 0 saturated heterocycles. The van der Waals surface area contributed by atoms with Crippen LogP contribution >= 0.6 is 0 Å². The fourth-order valence-electron chi connectivity index (χ4n) is 3.70. The molecule has 3 atom stereocenters.